The number of benzene rings is 1. The fourth-order valence-electron chi connectivity index (χ4n) is 2.82. The van der Waals surface area contributed by atoms with Gasteiger partial charge >= 0.3 is 13.5 Å². The summed E-state index contributed by atoms with van der Waals surface area (Å²) in [5, 5.41) is 20.9. The minimum absolute atomic E-state index is 0.0269. The third-order valence-electron chi connectivity index (χ3n) is 4.31. The van der Waals surface area contributed by atoms with Crippen LogP contribution in [0.1, 0.15) is 18.2 Å². The lowest BCUT2D eigenvalue weighted by Gasteiger charge is -2.18. The summed E-state index contributed by atoms with van der Waals surface area (Å²) in [7, 11) is -4.69. The van der Waals surface area contributed by atoms with E-state index in [9.17, 15) is 34.3 Å². The molecule has 0 aliphatic carbocycles. The van der Waals surface area contributed by atoms with E-state index in [0.29, 0.717) is 0 Å². The summed E-state index contributed by atoms with van der Waals surface area (Å²) in [6, 6.07) is 4.64. The van der Waals surface area contributed by atoms with Crippen LogP contribution in [0.2, 0.25) is 0 Å². The summed E-state index contributed by atoms with van der Waals surface area (Å²) in [5.74, 6) is -0.254. The van der Waals surface area contributed by atoms with Crippen molar-refractivity contribution < 1.29 is 33.3 Å². The first-order valence-electron chi connectivity index (χ1n) is 8.63. The maximum absolute atomic E-state index is 12.1. The van der Waals surface area contributed by atoms with E-state index in [2.05, 4.69) is 4.98 Å². The second-order valence-corrected chi connectivity index (χ2v) is 7.90. The van der Waals surface area contributed by atoms with E-state index in [1.807, 2.05) is 0 Å². The molecular formula is C16H18N3O10P. The standard InChI is InChI=1S/C16H18N3O10P/c1-9-7-18(16(22)17-15(9)21)14-6-12(20)13(28-14)8-27-30(25,26)29-11-4-2-3-10(5-11)19(23)24/h2-5,7,12-14,20H,6,8H2,1H3,(H,25,26)(H,17,21,22)/t12-,13+,14+/m0/s1. The van der Waals surface area contributed by atoms with Gasteiger partial charge < -0.3 is 14.4 Å². The number of hydrogen-bond acceptors (Lipinski definition) is 9. The number of ether oxygens (including phenoxy) is 1. The molecule has 1 saturated heterocycles. The van der Waals surface area contributed by atoms with Crippen molar-refractivity contribution in [1.82, 2.24) is 9.55 Å². The minimum atomic E-state index is -4.69. The van der Waals surface area contributed by atoms with Gasteiger partial charge in [-0.05, 0) is 13.0 Å². The van der Waals surface area contributed by atoms with Crippen LogP contribution in [0, 0.1) is 17.0 Å². The first-order valence-corrected chi connectivity index (χ1v) is 10.1. The number of H-pyrrole nitrogens is 1. The van der Waals surface area contributed by atoms with E-state index < -0.39 is 49.0 Å². The van der Waals surface area contributed by atoms with Gasteiger partial charge in [-0.1, -0.05) is 6.07 Å². The number of non-ortho nitro benzene ring substituents is 1. The van der Waals surface area contributed by atoms with E-state index in [-0.39, 0.29) is 23.4 Å². The monoisotopic (exact) mass is 443 g/mol. The molecule has 1 aromatic heterocycles. The van der Waals surface area contributed by atoms with Gasteiger partial charge in [-0.3, -0.25) is 33.9 Å². The Hall–Kier alpha value is -2.83. The smallest absolute Gasteiger partial charge is 0.404 e. The molecule has 0 bridgehead atoms. The van der Waals surface area contributed by atoms with E-state index >= 15 is 0 Å². The highest BCUT2D eigenvalue weighted by atomic mass is 31.2. The third-order valence-corrected chi connectivity index (χ3v) is 5.23. The molecule has 1 fully saturated rings. The van der Waals surface area contributed by atoms with Crippen LogP contribution < -0.4 is 15.8 Å². The number of nitro benzene ring substituents is 1. The van der Waals surface area contributed by atoms with Crippen LogP contribution in [0.15, 0.2) is 40.1 Å². The Balaban J connectivity index is 1.64. The van der Waals surface area contributed by atoms with Crippen LogP contribution >= 0.6 is 7.82 Å². The molecule has 1 aliphatic rings. The van der Waals surface area contributed by atoms with Gasteiger partial charge in [0.1, 0.15) is 18.1 Å². The molecule has 2 aromatic rings. The number of hydrogen-bond donors (Lipinski definition) is 3. The first kappa shape index (κ1) is 21.9. The number of aromatic amines is 1. The quantitative estimate of drug-likeness (QED) is 0.311. The maximum Gasteiger partial charge on any atom is 0.527 e. The summed E-state index contributed by atoms with van der Waals surface area (Å²) >= 11 is 0. The number of aromatic nitrogens is 2. The van der Waals surface area contributed by atoms with Gasteiger partial charge in [-0.25, -0.2) is 9.36 Å². The van der Waals surface area contributed by atoms with Crippen LogP contribution in [-0.4, -0.2) is 43.3 Å². The molecule has 13 nitrogen and oxygen atoms in total. The lowest BCUT2D eigenvalue weighted by molar-refractivity contribution is -0.384. The molecule has 0 amide bonds. The van der Waals surface area contributed by atoms with Gasteiger partial charge in [0.25, 0.3) is 11.2 Å². The SMILES string of the molecule is Cc1cn([C@H]2C[C@H](O)[C@@H](COP(=O)(O)Oc3cccc([N+](=O)[O-])c3)O2)c(=O)[nH]c1=O. The van der Waals surface area contributed by atoms with Crippen LogP contribution in [0.5, 0.6) is 5.75 Å². The Kier molecular flexibility index (Phi) is 6.19. The molecule has 1 aromatic carbocycles. The Morgan fingerprint density at radius 3 is 2.87 bits per heavy atom. The summed E-state index contributed by atoms with van der Waals surface area (Å²) < 4.78 is 28.4. The molecule has 0 radical (unpaired) electrons. The van der Waals surface area contributed by atoms with Crippen molar-refractivity contribution in [3.05, 3.63) is 67.0 Å². The van der Waals surface area contributed by atoms with E-state index in [1.54, 1.807) is 0 Å². The Morgan fingerprint density at radius 2 is 2.17 bits per heavy atom. The number of phosphoric ester groups is 1. The lowest BCUT2D eigenvalue weighted by atomic mass is 10.2. The zero-order valence-corrected chi connectivity index (χ0v) is 16.4. The van der Waals surface area contributed by atoms with Gasteiger partial charge in [0.2, 0.25) is 0 Å². The molecule has 0 spiro atoms. The second kappa shape index (κ2) is 8.50. The summed E-state index contributed by atoms with van der Waals surface area (Å²) in [4.78, 5) is 45.5. The number of aliphatic hydroxyl groups excluding tert-OH is 1. The van der Waals surface area contributed by atoms with E-state index in [4.69, 9.17) is 13.8 Å². The molecule has 3 rings (SSSR count). The van der Waals surface area contributed by atoms with Crippen molar-refractivity contribution in [2.75, 3.05) is 6.61 Å². The second-order valence-electron chi connectivity index (χ2n) is 6.52. The van der Waals surface area contributed by atoms with Crippen molar-refractivity contribution in [1.29, 1.82) is 0 Å². The number of phosphoric acid groups is 1. The van der Waals surface area contributed by atoms with Gasteiger partial charge in [0.05, 0.1) is 23.7 Å². The summed E-state index contributed by atoms with van der Waals surface area (Å²) in [6.45, 7) is 0.936. The van der Waals surface area contributed by atoms with Gasteiger partial charge in [0, 0.05) is 24.2 Å². The van der Waals surface area contributed by atoms with Gasteiger partial charge in [-0.15, -0.1) is 0 Å². The number of aliphatic hydroxyl groups is 1. The number of aryl methyl sites for hydroxylation is 1. The summed E-state index contributed by atoms with van der Waals surface area (Å²) in [5.41, 5.74) is -1.36. The highest BCUT2D eigenvalue weighted by molar-refractivity contribution is 7.47. The molecule has 14 heteroatoms. The molecule has 1 unspecified atom stereocenters. The van der Waals surface area contributed by atoms with Crippen LogP contribution in [0.4, 0.5) is 5.69 Å². The zero-order chi connectivity index (χ0) is 22.1. The molecule has 1 aliphatic heterocycles. The van der Waals surface area contributed by atoms with Gasteiger partial charge in [0.15, 0.2) is 0 Å². The molecular weight excluding hydrogens is 425 g/mol. The molecule has 3 N–H and O–H groups in total. The van der Waals surface area contributed by atoms with Crippen molar-refractivity contribution in [2.45, 2.75) is 31.8 Å². The largest absolute Gasteiger partial charge is 0.527 e. The summed E-state index contributed by atoms with van der Waals surface area (Å²) in [6.07, 6.45) is -1.87. The van der Waals surface area contributed by atoms with E-state index in [1.165, 1.54) is 31.3 Å². The third kappa shape index (κ3) is 5.01. The highest BCUT2D eigenvalue weighted by Crippen LogP contribution is 2.45. The van der Waals surface area contributed by atoms with Crippen LogP contribution in [0.3, 0.4) is 0 Å². The Labute approximate surface area is 168 Å². The normalized spacial score (nSPS) is 23.1. The average Bonchev–Trinajstić information content (AvgIpc) is 3.03. The fraction of sp³-hybridized carbons (Fsp3) is 0.375. The predicted molar refractivity (Wildman–Crippen MR) is 100 cm³/mol. The van der Waals surface area contributed by atoms with E-state index in [0.717, 1.165) is 10.6 Å². The minimum Gasteiger partial charge on any atom is -0.404 e. The predicted octanol–water partition coefficient (Wildman–Crippen LogP) is 0.598. The van der Waals surface area contributed by atoms with Crippen LogP contribution in [0.25, 0.3) is 0 Å². The molecule has 162 valence electrons. The first-order chi connectivity index (χ1) is 14.1. The molecule has 0 saturated carbocycles. The Bertz CT molecular complexity index is 1110. The fourth-order valence-corrected chi connectivity index (χ4v) is 3.58. The topological polar surface area (TPSA) is 183 Å². The van der Waals surface area contributed by atoms with Crippen LogP contribution in [-0.2, 0) is 13.8 Å². The Morgan fingerprint density at radius 1 is 1.43 bits per heavy atom. The molecule has 2 heterocycles. The number of rotatable bonds is 7. The lowest BCUT2D eigenvalue weighted by Crippen LogP contribution is -2.33. The zero-order valence-electron chi connectivity index (χ0n) is 15.5. The number of nitrogens with zero attached hydrogens (tertiary/aromatic N) is 2. The number of nitrogens with one attached hydrogen (secondary N) is 1. The van der Waals surface area contributed by atoms with Crippen molar-refractivity contribution in [2.24, 2.45) is 0 Å². The highest BCUT2D eigenvalue weighted by Gasteiger charge is 2.38. The average molecular weight is 443 g/mol. The van der Waals surface area contributed by atoms with Crippen molar-refractivity contribution in [3.63, 3.8) is 0 Å². The maximum atomic E-state index is 12.1. The van der Waals surface area contributed by atoms with Crippen molar-refractivity contribution >= 4 is 13.5 Å². The molecule has 4 atom stereocenters. The molecule has 30 heavy (non-hydrogen) atoms. The number of nitro groups is 1. The van der Waals surface area contributed by atoms with Crippen molar-refractivity contribution in [3.8, 4) is 5.75 Å². The van der Waals surface area contributed by atoms with Gasteiger partial charge in [-0.2, -0.15) is 0 Å².